The summed E-state index contributed by atoms with van der Waals surface area (Å²) in [7, 11) is 0. The van der Waals surface area contributed by atoms with E-state index in [1.807, 2.05) is 0 Å². The first-order valence-electron chi connectivity index (χ1n) is 9.61. The summed E-state index contributed by atoms with van der Waals surface area (Å²) in [6.07, 6.45) is 12.1. The van der Waals surface area contributed by atoms with Gasteiger partial charge in [-0.3, -0.25) is 0 Å². The van der Waals surface area contributed by atoms with Gasteiger partial charge in [-0.1, -0.05) is 6.07 Å². The minimum Gasteiger partial charge on any atom is -0.303 e. The van der Waals surface area contributed by atoms with Gasteiger partial charge in [0.15, 0.2) is 0 Å². The third-order valence-electron chi connectivity index (χ3n) is 7.62. The minimum absolute atomic E-state index is 0.560. The third kappa shape index (κ3) is 2.06. The molecule has 1 aliphatic heterocycles. The van der Waals surface area contributed by atoms with Crippen LogP contribution in [0, 0.1) is 23.7 Å². The fourth-order valence-electron chi connectivity index (χ4n) is 6.85. The first-order valence-corrected chi connectivity index (χ1v) is 10.5. The second-order valence-corrected chi connectivity index (χ2v) is 9.57. The van der Waals surface area contributed by atoms with E-state index in [1.54, 1.807) is 37.0 Å². The summed E-state index contributed by atoms with van der Waals surface area (Å²) >= 11 is 2.07. The lowest BCUT2D eigenvalue weighted by molar-refractivity contribution is -0.0658. The van der Waals surface area contributed by atoms with E-state index >= 15 is 0 Å². The Labute approximate surface area is 139 Å². The zero-order chi connectivity index (χ0) is 14.6. The van der Waals surface area contributed by atoms with Crippen LogP contribution in [0.4, 0.5) is 0 Å². The molecule has 0 radical (unpaired) electrons. The molecular formula is C20H29NS. The van der Waals surface area contributed by atoms with Gasteiger partial charge in [-0.2, -0.15) is 0 Å². The van der Waals surface area contributed by atoms with E-state index in [9.17, 15) is 0 Å². The normalized spacial score (nSPS) is 44.0. The molecule has 1 nitrogen and oxygen atoms in total. The van der Waals surface area contributed by atoms with Gasteiger partial charge in [0.2, 0.25) is 0 Å². The van der Waals surface area contributed by atoms with E-state index in [0.717, 1.165) is 23.7 Å². The summed E-state index contributed by atoms with van der Waals surface area (Å²) < 4.78 is 0. The van der Waals surface area contributed by atoms with Crippen molar-refractivity contribution >= 4 is 11.3 Å². The molecule has 5 aliphatic rings. The smallest absolute Gasteiger partial charge is 0.0116 e. The quantitative estimate of drug-likeness (QED) is 0.761. The second-order valence-electron chi connectivity index (χ2n) is 8.62. The number of nitrogens with zero attached hydrogens (tertiary/aromatic N) is 1. The highest BCUT2D eigenvalue weighted by atomic mass is 32.1. The van der Waals surface area contributed by atoms with Crippen molar-refractivity contribution in [3.05, 3.63) is 22.4 Å². The molecule has 1 aromatic heterocycles. The van der Waals surface area contributed by atoms with Crippen molar-refractivity contribution in [1.29, 1.82) is 0 Å². The van der Waals surface area contributed by atoms with E-state index < -0.39 is 0 Å². The van der Waals surface area contributed by atoms with Crippen LogP contribution in [0.2, 0.25) is 0 Å². The van der Waals surface area contributed by atoms with Crippen molar-refractivity contribution in [3.8, 4) is 0 Å². The average molecular weight is 316 g/mol. The van der Waals surface area contributed by atoms with Crippen LogP contribution in [0.5, 0.6) is 0 Å². The molecule has 0 N–H and O–H groups in total. The largest absolute Gasteiger partial charge is 0.303 e. The number of thiophene rings is 1. The molecule has 5 fully saturated rings. The van der Waals surface area contributed by atoms with Crippen molar-refractivity contribution in [1.82, 2.24) is 4.90 Å². The molecule has 2 heteroatoms. The summed E-state index contributed by atoms with van der Waals surface area (Å²) in [5, 5.41) is 2.33. The predicted octanol–water partition coefficient (Wildman–Crippen LogP) is 4.93. The second kappa shape index (κ2) is 5.34. The van der Waals surface area contributed by atoms with E-state index in [-0.39, 0.29) is 0 Å². The molecule has 4 saturated carbocycles. The Kier molecular flexibility index (Phi) is 3.41. The van der Waals surface area contributed by atoms with Crippen LogP contribution in [-0.2, 0) is 5.41 Å². The number of hydrogen-bond acceptors (Lipinski definition) is 2. The van der Waals surface area contributed by atoms with Crippen molar-refractivity contribution in [2.45, 2.75) is 56.8 Å². The Morgan fingerprint density at radius 1 is 1.00 bits per heavy atom. The fourth-order valence-corrected chi connectivity index (χ4v) is 7.97. The Hall–Kier alpha value is -0.340. The summed E-state index contributed by atoms with van der Waals surface area (Å²) in [6, 6.07) is 4.79. The zero-order valence-electron chi connectivity index (χ0n) is 13.7. The molecule has 2 heterocycles. The molecule has 0 amide bonds. The zero-order valence-corrected chi connectivity index (χ0v) is 14.5. The summed E-state index contributed by atoms with van der Waals surface area (Å²) in [5.41, 5.74) is 0.560. The van der Waals surface area contributed by atoms with E-state index in [2.05, 4.69) is 33.7 Å². The van der Waals surface area contributed by atoms with Gasteiger partial charge in [0.05, 0.1) is 0 Å². The molecule has 22 heavy (non-hydrogen) atoms. The van der Waals surface area contributed by atoms with Crippen LogP contribution in [0.1, 0.15) is 56.2 Å². The maximum absolute atomic E-state index is 2.75. The monoisotopic (exact) mass is 315 g/mol. The van der Waals surface area contributed by atoms with Gasteiger partial charge < -0.3 is 4.90 Å². The fraction of sp³-hybridized carbons (Fsp3) is 0.800. The Morgan fingerprint density at radius 2 is 1.68 bits per heavy atom. The lowest BCUT2D eigenvalue weighted by Gasteiger charge is -2.61. The van der Waals surface area contributed by atoms with Crippen LogP contribution in [0.15, 0.2) is 17.5 Å². The van der Waals surface area contributed by atoms with Gasteiger partial charge in [0.25, 0.3) is 0 Å². The van der Waals surface area contributed by atoms with Crippen molar-refractivity contribution in [2.24, 2.45) is 23.7 Å². The minimum atomic E-state index is 0.560. The number of hydrogen-bond donors (Lipinski definition) is 0. The Balaban J connectivity index is 1.47. The molecule has 0 spiro atoms. The first-order chi connectivity index (χ1) is 10.8. The van der Waals surface area contributed by atoms with Crippen LogP contribution in [0.3, 0.4) is 0 Å². The topological polar surface area (TPSA) is 3.24 Å². The van der Waals surface area contributed by atoms with Crippen LogP contribution in [0.25, 0.3) is 0 Å². The number of likely N-dealkylation sites (tertiary alicyclic amines) is 1. The van der Waals surface area contributed by atoms with Gasteiger partial charge in [-0.15, -0.1) is 11.3 Å². The third-order valence-corrected chi connectivity index (χ3v) is 8.68. The highest BCUT2D eigenvalue weighted by Crippen LogP contribution is 2.64. The summed E-state index contributed by atoms with van der Waals surface area (Å²) in [6.45, 7) is 4.09. The molecule has 4 aliphatic carbocycles. The summed E-state index contributed by atoms with van der Waals surface area (Å²) in [5.74, 6) is 4.18. The Morgan fingerprint density at radius 3 is 2.27 bits per heavy atom. The SMILES string of the molecule is c1csc(C2(CCN3CCCC3)C3CC4CC(C3)CC2C4)c1. The van der Waals surface area contributed by atoms with Crippen LogP contribution >= 0.6 is 11.3 Å². The lowest BCUT2D eigenvalue weighted by Crippen LogP contribution is -2.56. The molecule has 6 rings (SSSR count). The maximum Gasteiger partial charge on any atom is 0.0116 e. The van der Waals surface area contributed by atoms with Crippen LogP contribution < -0.4 is 0 Å². The predicted molar refractivity (Wildman–Crippen MR) is 93.3 cm³/mol. The molecule has 1 saturated heterocycles. The average Bonchev–Trinajstić information content (AvgIpc) is 3.20. The van der Waals surface area contributed by atoms with E-state index in [0.29, 0.717) is 5.41 Å². The maximum atomic E-state index is 2.75. The highest BCUT2D eigenvalue weighted by molar-refractivity contribution is 7.10. The molecule has 0 atom stereocenters. The summed E-state index contributed by atoms with van der Waals surface area (Å²) in [4.78, 5) is 4.50. The lowest BCUT2D eigenvalue weighted by atomic mass is 9.44. The van der Waals surface area contributed by atoms with E-state index in [4.69, 9.17) is 0 Å². The number of rotatable bonds is 4. The van der Waals surface area contributed by atoms with Gasteiger partial charge in [0, 0.05) is 10.3 Å². The molecule has 120 valence electrons. The molecule has 4 bridgehead atoms. The van der Waals surface area contributed by atoms with Gasteiger partial charge in [-0.25, -0.2) is 0 Å². The van der Waals surface area contributed by atoms with Gasteiger partial charge >= 0.3 is 0 Å². The van der Waals surface area contributed by atoms with Crippen molar-refractivity contribution in [2.75, 3.05) is 19.6 Å². The van der Waals surface area contributed by atoms with Crippen molar-refractivity contribution < 1.29 is 0 Å². The van der Waals surface area contributed by atoms with E-state index in [1.165, 1.54) is 38.9 Å². The van der Waals surface area contributed by atoms with Gasteiger partial charge in [0.1, 0.15) is 0 Å². The first kappa shape index (κ1) is 14.0. The molecule has 0 aromatic carbocycles. The van der Waals surface area contributed by atoms with Gasteiger partial charge in [-0.05, 0) is 106 Å². The molecule has 1 aromatic rings. The standard InChI is InChI=1S/C20H29NS/c1-2-7-21(6-1)8-5-20(19-4-3-9-22-19)17-11-15-10-16(13-17)14-18(20)12-15/h3-4,9,15-18H,1-2,5-8,10-14H2. The highest BCUT2D eigenvalue weighted by Gasteiger charge is 2.57. The Bertz CT molecular complexity index is 486. The van der Waals surface area contributed by atoms with Crippen LogP contribution in [-0.4, -0.2) is 24.5 Å². The van der Waals surface area contributed by atoms with Crippen molar-refractivity contribution in [3.63, 3.8) is 0 Å². The molecule has 0 unspecified atom stereocenters. The molecular weight excluding hydrogens is 286 g/mol.